The largest absolute Gasteiger partial charge is 0.494 e. The zero-order valence-corrected chi connectivity index (χ0v) is 15.3. The Kier molecular flexibility index (Phi) is 5.42. The second kappa shape index (κ2) is 7.73. The highest BCUT2D eigenvalue weighted by Gasteiger charge is 2.22. The molecule has 1 amide bonds. The van der Waals surface area contributed by atoms with Gasteiger partial charge in [0.15, 0.2) is 0 Å². The average Bonchev–Trinajstić information content (AvgIpc) is 3.15. The summed E-state index contributed by atoms with van der Waals surface area (Å²) in [6.07, 6.45) is 1.05. The molecule has 1 N–H and O–H groups in total. The van der Waals surface area contributed by atoms with Gasteiger partial charge < -0.3 is 14.8 Å². The first kappa shape index (κ1) is 17.5. The van der Waals surface area contributed by atoms with Crippen LogP contribution in [0.4, 0.5) is 0 Å². The molecule has 9 heteroatoms. The number of hydrogen-bond donors (Lipinski definition) is 1. The molecule has 0 radical (unpaired) electrons. The molecule has 8 nitrogen and oxygen atoms in total. The number of carbonyl (C=O) groups excluding carboxylic acids is 1. The highest BCUT2D eigenvalue weighted by atomic mass is 32.2. The third-order valence-corrected chi connectivity index (χ3v) is 4.78. The number of ether oxygens (including phenoxy) is 2. The van der Waals surface area contributed by atoms with Gasteiger partial charge in [-0.05, 0) is 36.4 Å². The monoisotopic (exact) mass is 363 g/mol. The van der Waals surface area contributed by atoms with Gasteiger partial charge in [0.25, 0.3) is 0 Å². The third-order valence-electron chi connectivity index (χ3n) is 3.77. The zero-order chi connectivity index (χ0) is 17.8. The molecule has 0 fully saturated rings. The molecule has 0 saturated carbocycles. The van der Waals surface area contributed by atoms with Gasteiger partial charge in [-0.2, -0.15) is 0 Å². The van der Waals surface area contributed by atoms with Crippen LogP contribution in [0, 0.1) is 0 Å². The number of rotatable bonds is 7. The van der Waals surface area contributed by atoms with Crippen molar-refractivity contribution >= 4 is 17.7 Å². The van der Waals surface area contributed by atoms with Crippen LogP contribution in [0.2, 0.25) is 0 Å². The summed E-state index contributed by atoms with van der Waals surface area (Å²) in [7, 11) is 1.74. The molecule has 0 aliphatic carbocycles. The molecule has 1 aromatic carbocycles. The highest BCUT2D eigenvalue weighted by Crippen LogP contribution is 2.35. The van der Waals surface area contributed by atoms with Crippen molar-refractivity contribution in [3.63, 3.8) is 0 Å². The van der Waals surface area contributed by atoms with Crippen molar-refractivity contribution in [3.8, 4) is 11.5 Å². The second-order valence-electron chi connectivity index (χ2n) is 5.78. The quantitative estimate of drug-likeness (QED) is 0.742. The summed E-state index contributed by atoms with van der Waals surface area (Å²) in [5, 5.41) is 14.6. The minimum absolute atomic E-state index is 0.0924. The van der Waals surface area contributed by atoms with E-state index in [0.29, 0.717) is 18.3 Å². The lowest BCUT2D eigenvalue weighted by atomic mass is 10.1. The van der Waals surface area contributed by atoms with E-state index < -0.39 is 0 Å². The number of aryl methyl sites for hydroxylation is 1. The van der Waals surface area contributed by atoms with E-state index >= 15 is 0 Å². The maximum absolute atomic E-state index is 12.1. The summed E-state index contributed by atoms with van der Waals surface area (Å²) in [4.78, 5) is 12.1. The van der Waals surface area contributed by atoms with Gasteiger partial charge in [0.1, 0.15) is 17.6 Å². The lowest BCUT2D eigenvalue weighted by molar-refractivity contribution is -0.118. The first-order chi connectivity index (χ1) is 12.1. The molecule has 1 aliphatic heterocycles. The van der Waals surface area contributed by atoms with E-state index in [4.69, 9.17) is 9.47 Å². The number of thioether (sulfide) groups is 1. The molecule has 3 rings (SSSR count). The normalized spacial score (nSPS) is 15.6. The number of carbonyl (C=O) groups is 1. The minimum atomic E-state index is -0.0924. The van der Waals surface area contributed by atoms with Gasteiger partial charge in [0.05, 0.1) is 12.4 Å². The van der Waals surface area contributed by atoms with Crippen molar-refractivity contribution in [1.29, 1.82) is 0 Å². The average molecular weight is 363 g/mol. The van der Waals surface area contributed by atoms with E-state index in [1.54, 1.807) is 7.05 Å². The molecule has 0 spiro atoms. The van der Waals surface area contributed by atoms with Crippen molar-refractivity contribution in [2.75, 3.05) is 12.4 Å². The van der Waals surface area contributed by atoms with Gasteiger partial charge in [-0.25, -0.2) is 4.68 Å². The van der Waals surface area contributed by atoms with Gasteiger partial charge in [-0.1, -0.05) is 11.8 Å². The maximum atomic E-state index is 12.1. The molecular weight excluding hydrogens is 342 g/mol. The Hall–Kier alpha value is -2.29. The van der Waals surface area contributed by atoms with Gasteiger partial charge >= 0.3 is 0 Å². The molecule has 0 bridgehead atoms. The molecule has 25 heavy (non-hydrogen) atoms. The SMILES string of the molecule is CCOc1cc2c(cc1CNC(=O)CSc1nnnn1C)O[C@@H](C)C2. The van der Waals surface area contributed by atoms with Crippen LogP contribution in [-0.2, 0) is 24.8 Å². The predicted octanol–water partition coefficient (Wildman–Crippen LogP) is 1.34. The van der Waals surface area contributed by atoms with E-state index in [-0.39, 0.29) is 17.8 Å². The number of fused-ring (bicyclic) bond motifs is 1. The summed E-state index contributed by atoms with van der Waals surface area (Å²) < 4.78 is 13.1. The summed E-state index contributed by atoms with van der Waals surface area (Å²) in [5.74, 6) is 1.82. The Bertz CT molecular complexity index is 764. The van der Waals surface area contributed by atoms with Crippen LogP contribution in [0.3, 0.4) is 0 Å². The van der Waals surface area contributed by atoms with Gasteiger partial charge in [-0.15, -0.1) is 5.10 Å². The van der Waals surface area contributed by atoms with E-state index in [9.17, 15) is 4.79 Å². The number of amides is 1. The number of aromatic nitrogens is 4. The molecule has 0 saturated heterocycles. The summed E-state index contributed by atoms with van der Waals surface area (Å²) in [5.41, 5.74) is 2.06. The lowest BCUT2D eigenvalue weighted by Gasteiger charge is -2.13. The number of nitrogens with zero attached hydrogens (tertiary/aromatic N) is 4. The predicted molar refractivity (Wildman–Crippen MR) is 92.8 cm³/mol. The fourth-order valence-electron chi connectivity index (χ4n) is 2.63. The zero-order valence-electron chi connectivity index (χ0n) is 14.5. The topological polar surface area (TPSA) is 91.2 Å². The molecule has 134 valence electrons. The molecule has 1 aliphatic rings. The smallest absolute Gasteiger partial charge is 0.230 e. The van der Waals surface area contributed by atoms with Gasteiger partial charge in [-0.3, -0.25) is 4.79 Å². The second-order valence-corrected chi connectivity index (χ2v) is 6.73. The van der Waals surface area contributed by atoms with E-state index in [0.717, 1.165) is 29.0 Å². The van der Waals surface area contributed by atoms with E-state index in [1.807, 2.05) is 26.0 Å². The van der Waals surface area contributed by atoms with Gasteiger partial charge in [0.2, 0.25) is 11.1 Å². The third kappa shape index (κ3) is 4.22. The Morgan fingerprint density at radius 3 is 3.08 bits per heavy atom. The van der Waals surface area contributed by atoms with Crippen molar-refractivity contribution in [2.45, 2.75) is 38.1 Å². The van der Waals surface area contributed by atoms with Crippen LogP contribution in [0.5, 0.6) is 11.5 Å². The van der Waals surface area contributed by atoms with E-state index in [1.165, 1.54) is 16.4 Å². The van der Waals surface area contributed by atoms with E-state index in [2.05, 4.69) is 20.8 Å². The van der Waals surface area contributed by atoms with Crippen molar-refractivity contribution in [3.05, 3.63) is 23.3 Å². The molecule has 1 aromatic heterocycles. The fraction of sp³-hybridized carbons (Fsp3) is 0.500. The molecule has 1 atom stereocenters. The van der Waals surface area contributed by atoms with Crippen molar-refractivity contribution < 1.29 is 14.3 Å². The highest BCUT2D eigenvalue weighted by molar-refractivity contribution is 7.99. The maximum Gasteiger partial charge on any atom is 0.230 e. The Balaban J connectivity index is 1.61. The fourth-order valence-corrected chi connectivity index (χ4v) is 3.31. The summed E-state index contributed by atoms with van der Waals surface area (Å²) in [6.45, 7) is 4.95. The minimum Gasteiger partial charge on any atom is -0.494 e. The molecule has 2 aromatic rings. The Labute approximate surface area is 150 Å². The van der Waals surface area contributed by atoms with Crippen LogP contribution < -0.4 is 14.8 Å². The summed E-state index contributed by atoms with van der Waals surface area (Å²) in [6, 6.07) is 3.98. The van der Waals surface area contributed by atoms with Crippen LogP contribution in [-0.4, -0.2) is 44.6 Å². The summed E-state index contributed by atoms with van der Waals surface area (Å²) >= 11 is 1.29. The standard InChI is InChI=1S/C16H21N5O3S/c1-4-23-13-6-11-5-10(2)24-14(11)7-12(13)8-17-15(22)9-25-16-18-19-20-21(16)3/h6-7,10H,4-5,8-9H2,1-3H3,(H,17,22)/t10-/m0/s1. The van der Waals surface area contributed by atoms with Crippen LogP contribution in [0.25, 0.3) is 0 Å². The molecule has 2 heterocycles. The Morgan fingerprint density at radius 1 is 1.52 bits per heavy atom. The Morgan fingerprint density at radius 2 is 2.36 bits per heavy atom. The van der Waals surface area contributed by atoms with Crippen molar-refractivity contribution in [2.24, 2.45) is 7.05 Å². The number of nitrogens with one attached hydrogen (secondary N) is 1. The van der Waals surface area contributed by atoms with Gasteiger partial charge in [0, 0.05) is 31.1 Å². The van der Waals surface area contributed by atoms with Crippen LogP contribution in [0.1, 0.15) is 25.0 Å². The molecule has 0 unspecified atom stereocenters. The molecular formula is C16H21N5O3S. The first-order valence-electron chi connectivity index (χ1n) is 8.14. The van der Waals surface area contributed by atoms with Crippen LogP contribution in [0.15, 0.2) is 17.3 Å². The number of tetrazole rings is 1. The van der Waals surface area contributed by atoms with Crippen LogP contribution >= 0.6 is 11.8 Å². The number of benzene rings is 1. The first-order valence-corrected chi connectivity index (χ1v) is 9.12. The number of hydrogen-bond acceptors (Lipinski definition) is 7. The lowest BCUT2D eigenvalue weighted by Crippen LogP contribution is -2.25. The van der Waals surface area contributed by atoms with Crippen molar-refractivity contribution in [1.82, 2.24) is 25.5 Å².